The van der Waals surface area contributed by atoms with Crippen LogP contribution in [-0.2, 0) is 0 Å². The summed E-state index contributed by atoms with van der Waals surface area (Å²) in [6, 6.07) is 14.0. The van der Waals surface area contributed by atoms with Crippen LogP contribution in [0.4, 0.5) is 0 Å². The van der Waals surface area contributed by atoms with Gasteiger partial charge in [0.1, 0.15) is 23.4 Å². The van der Waals surface area contributed by atoms with Crippen molar-refractivity contribution >= 4 is 0 Å². The Labute approximate surface area is 169 Å². The molecule has 5 rings (SSSR count). The van der Waals surface area contributed by atoms with E-state index in [0.29, 0.717) is 29.2 Å². The first-order chi connectivity index (χ1) is 14.1. The molecule has 150 valence electrons. The molecule has 6 nitrogen and oxygen atoms in total. The lowest BCUT2D eigenvalue weighted by Crippen LogP contribution is -2.51. The molecule has 2 fully saturated rings. The molecule has 0 aliphatic carbocycles. The summed E-state index contributed by atoms with van der Waals surface area (Å²) in [5, 5.41) is 22.7. The maximum Gasteiger partial charge on any atom is 0.233 e. The number of phenolic OH excluding ortho intramolecular Hbond substituents is 1. The molecule has 2 saturated heterocycles. The first-order valence-electron chi connectivity index (χ1n) is 10.3. The highest BCUT2D eigenvalue weighted by molar-refractivity contribution is 5.72. The fraction of sp³-hybridized carbons (Fsp3) is 0.391. The molecule has 3 aromatic rings. The maximum atomic E-state index is 10.5. The van der Waals surface area contributed by atoms with Crippen molar-refractivity contribution in [1.82, 2.24) is 15.5 Å². The number of ether oxygens (including phenoxy) is 1. The highest BCUT2D eigenvalue weighted by atomic mass is 16.5. The van der Waals surface area contributed by atoms with Gasteiger partial charge in [0.25, 0.3) is 0 Å². The number of furan rings is 1. The Morgan fingerprint density at radius 1 is 1.03 bits per heavy atom. The van der Waals surface area contributed by atoms with E-state index in [1.54, 1.807) is 6.07 Å². The standard InChI is InChI=1S/C23H25N3O3/c1-14-5-9-22(28-14)15-6-7-19(21(27)11-15)20-8-10-23(26-25-20)29-18-12-16-3-2-4-17(13-18)24-16/h5-11,16-18,24,27H,2-4,12-13H2,1H3. The number of aromatic hydroxyl groups is 1. The first kappa shape index (κ1) is 18.2. The Hall–Kier alpha value is -2.86. The van der Waals surface area contributed by atoms with Gasteiger partial charge in [0.15, 0.2) is 0 Å². The Bertz CT molecular complexity index is 987. The van der Waals surface area contributed by atoms with Crippen LogP contribution in [-0.4, -0.2) is 33.5 Å². The van der Waals surface area contributed by atoms with Crippen LogP contribution in [0.25, 0.3) is 22.6 Å². The van der Waals surface area contributed by atoms with Gasteiger partial charge in [0, 0.05) is 29.3 Å². The summed E-state index contributed by atoms with van der Waals surface area (Å²) in [5.41, 5.74) is 2.07. The monoisotopic (exact) mass is 391 g/mol. The number of benzene rings is 1. The number of aromatic nitrogens is 2. The van der Waals surface area contributed by atoms with E-state index in [1.165, 1.54) is 19.3 Å². The van der Waals surface area contributed by atoms with E-state index in [9.17, 15) is 5.11 Å². The molecule has 2 unspecified atom stereocenters. The predicted molar refractivity (Wildman–Crippen MR) is 110 cm³/mol. The zero-order chi connectivity index (χ0) is 19.8. The second kappa shape index (κ2) is 7.52. The smallest absolute Gasteiger partial charge is 0.233 e. The van der Waals surface area contributed by atoms with Crippen LogP contribution in [0.1, 0.15) is 37.9 Å². The van der Waals surface area contributed by atoms with Crippen LogP contribution < -0.4 is 10.1 Å². The summed E-state index contributed by atoms with van der Waals surface area (Å²) in [7, 11) is 0. The van der Waals surface area contributed by atoms with Crippen LogP contribution in [0, 0.1) is 6.92 Å². The topological polar surface area (TPSA) is 80.4 Å². The summed E-state index contributed by atoms with van der Waals surface area (Å²) in [6.07, 6.45) is 6.01. The van der Waals surface area contributed by atoms with Crippen molar-refractivity contribution in [2.45, 2.75) is 57.2 Å². The molecule has 0 amide bonds. The average Bonchev–Trinajstić information content (AvgIpc) is 3.15. The van der Waals surface area contributed by atoms with Crippen molar-refractivity contribution < 1.29 is 14.3 Å². The molecular weight excluding hydrogens is 366 g/mol. The number of nitrogens with zero attached hydrogens (tertiary/aromatic N) is 2. The lowest BCUT2D eigenvalue weighted by atomic mass is 9.85. The van der Waals surface area contributed by atoms with Crippen molar-refractivity contribution in [1.29, 1.82) is 0 Å². The molecule has 4 heterocycles. The van der Waals surface area contributed by atoms with Crippen molar-refractivity contribution in [3.8, 4) is 34.2 Å². The van der Waals surface area contributed by atoms with E-state index in [4.69, 9.17) is 9.15 Å². The third-order valence-corrected chi connectivity index (χ3v) is 5.90. The highest BCUT2D eigenvalue weighted by Crippen LogP contribution is 2.33. The van der Waals surface area contributed by atoms with Crippen LogP contribution in [0.5, 0.6) is 11.6 Å². The van der Waals surface area contributed by atoms with E-state index in [0.717, 1.165) is 29.9 Å². The molecule has 6 heteroatoms. The third kappa shape index (κ3) is 3.85. The van der Waals surface area contributed by atoms with E-state index >= 15 is 0 Å². The van der Waals surface area contributed by atoms with E-state index in [2.05, 4.69) is 15.5 Å². The van der Waals surface area contributed by atoms with Gasteiger partial charge in [-0.25, -0.2) is 0 Å². The van der Waals surface area contributed by atoms with Gasteiger partial charge in [-0.2, -0.15) is 0 Å². The normalized spacial score (nSPS) is 23.7. The van der Waals surface area contributed by atoms with Crippen LogP contribution >= 0.6 is 0 Å². The minimum atomic E-state index is 0.144. The molecule has 29 heavy (non-hydrogen) atoms. The largest absolute Gasteiger partial charge is 0.507 e. The quantitative estimate of drug-likeness (QED) is 0.683. The molecule has 2 N–H and O–H groups in total. The Morgan fingerprint density at radius 2 is 1.86 bits per heavy atom. The average molecular weight is 391 g/mol. The minimum Gasteiger partial charge on any atom is -0.507 e. The highest BCUT2D eigenvalue weighted by Gasteiger charge is 2.32. The number of fused-ring (bicyclic) bond motifs is 2. The van der Waals surface area contributed by atoms with Gasteiger partial charge in [-0.1, -0.05) is 12.5 Å². The zero-order valence-corrected chi connectivity index (χ0v) is 16.5. The number of rotatable bonds is 4. The van der Waals surface area contributed by atoms with E-state index in [-0.39, 0.29) is 11.9 Å². The van der Waals surface area contributed by atoms with Crippen LogP contribution in [0.3, 0.4) is 0 Å². The van der Waals surface area contributed by atoms with Gasteiger partial charge < -0.3 is 19.6 Å². The lowest BCUT2D eigenvalue weighted by Gasteiger charge is -2.39. The second-order valence-corrected chi connectivity index (χ2v) is 8.10. The summed E-state index contributed by atoms with van der Waals surface area (Å²) in [4.78, 5) is 0. The van der Waals surface area contributed by atoms with Gasteiger partial charge in [-0.15, -0.1) is 10.2 Å². The van der Waals surface area contributed by atoms with Gasteiger partial charge in [0.05, 0.1) is 5.69 Å². The number of hydrogen-bond acceptors (Lipinski definition) is 6. The van der Waals surface area contributed by atoms with E-state index < -0.39 is 0 Å². The first-order valence-corrected chi connectivity index (χ1v) is 10.3. The van der Waals surface area contributed by atoms with Crippen molar-refractivity contribution in [3.63, 3.8) is 0 Å². The zero-order valence-electron chi connectivity index (χ0n) is 16.5. The fourth-order valence-electron chi connectivity index (χ4n) is 4.50. The van der Waals surface area contributed by atoms with Gasteiger partial charge in [-0.05, 0) is 62.9 Å². The molecular formula is C23H25N3O3. The third-order valence-electron chi connectivity index (χ3n) is 5.90. The SMILES string of the molecule is Cc1ccc(-c2ccc(-c3ccc(OC4CC5CCCC(C4)N5)nn3)c(O)c2)o1. The fourth-order valence-corrected chi connectivity index (χ4v) is 4.50. The van der Waals surface area contributed by atoms with Gasteiger partial charge in [0.2, 0.25) is 5.88 Å². The molecule has 2 bridgehead atoms. The molecule has 0 saturated carbocycles. The number of phenols is 1. The summed E-state index contributed by atoms with van der Waals surface area (Å²) < 4.78 is 11.7. The molecule has 0 radical (unpaired) electrons. The number of aryl methyl sites for hydroxylation is 1. The molecule has 2 atom stereocenters. The molecule has 0 spiro atoms. The summed E-state index contributed by atoms with van der Waals surface area (Å²) in [5.74, 6) is 2.25. The Morgan fingerprint density at radius 3 is 2.52 bits per heavy atom. The lowest BCUT2D eigenvalue weighted by molar-refractivity contribution is 0.0881. The summed E-state index contributed by atoms with van der Waals surface area (Å²) in [6.45, 7) is 1.90. The van der Waals surface area contributed by atoms with Gasteiger partial charge >= 0.3 is 0 Å². The van der Waals surface area contributed by atoms with Crippen molar-refractivity contribution in [2.24, 2.45) is 0 Å². The minimum absolute atomic E-state index is 0.144. The molecule has 1 aromatic carbocycles. The van der Waals surface area contributed by atoms with Gasteiger partial charge in [-0.3, -0.25) is 0 Å². The molecule has 2 aromatic heterocycles. The Kier molecular flexibility index (Phi) is 4.72. The van der Waals surface area contributed by atoms with Crippen LogP contribution in [0.2, 0.25) is 0 Å². The number of hydrogen-bond donors (Lipinski definition) is 2. The Balaban J connectivity index is 1.30. The van der Waals surface area contributed by atoms with Crippen molar-refractivity contribution in [2.75, 3.05) is 0 Å². The predicted octanol–water partition coefficient (Wildman–Crippen LogP) is 4.47. The van der Waals surface area contributed by atoms with E-state index in [1.807, 2.05) is 43.3 Å². The second-order valence-electron chi connectivity index (χ2n) is 8.10. The van der Waals surface area contributed by atoms with Crippen LogP contribution in [0.15, 0.2) is 46.9 Å². The molecule has 2 aliphatic heterocycles. The van der Waals surface area contributed by atoms with Crippen molar-refractivity contribution in [3.05, 3.63) is 48.2 Å². The number of piperidine rings is 2. The maximum absolute atomic E-state index is 10.5. The summed E-state index contributed by atoms with van der Waals surface area (Å²) >= 11 is 0. The molecule has 2 aliphatic rings. The number of nitrogens with one attached hydrogen (secondary N) is 1.